The van der Waals surface area contributed by atoms with E-state index in [1.54, 1.807) is 0 Å². The quantitative estimate of drug-likeness (QED) is 0.877. The summed E-state index contributed by atoms with van der Waals surface area (Å²) >= 11 is 0. The molecule has 18 heavy (non-hydrogen) atoms. The lowest BCUT2D eigenvalue weighted by Gasteiger charge is -2.41. The van der Waals surface area contributed by atoms with Crippen molar-refractivity contribution >= 4 is 0 Å². The molecular formula is C13H16F3NO. The third kappa shape index (κ3) is 3.03. The van der Waals surface area contributed by atoms with Gasteiger partial charge in [-0.2, -0.15) is 0 Å². The second kappa shape index (κ2) is 5.71. The summed E-state index contributed by atoms with van der Waals surface area (Å²) in [4.78, 5) is 2.02. The molecule has 5 heteroatoms. The highest BCUT2D eigenvalue weighted by atomic mass is 19.1. The Balaban J connectivity index is 1.91. The molecule has 2 nitrogen and oxygen atoms in total. The number of aliphatic hydroxyl groups excluding tert-OH is 1. The van der Waals surface area contributed by atoms with E-state index in [1.807, 2.05) is 4.90 Å². The first-order valence-corrected chi connectivity index (χ1v) is 6.02. The fraction of sp³-hybridized carbons (Fsp3) is 0.538. The Labute approximate surface area is 104 Å². The van der Waals surface area contributed by atoms with Gasteiger partial charge in [0.1, 0.15) is 11.6 Å². The van der Waals surface area contributed by atoms with Gasteiger partial charge < -0.3 is 10.0 Å². The fourth-order valence-corrected chi connectivity index (χ4v) is 2.29. The Morgan fingerprint density at radius 3 is 2.39 bits per heavy atom. The number of nitrogens with zero attached hydrogens (tertiary/aromatic N) is 1. The van der Waals surface area contributed by atoms with Crippen LogP contribution in [-0.4, -0.2) is 36.3 Å². The van der Waals surface area contributed by atoms with E-state index < -0.39 is 17.7 Å². The maximum atomic E-state index is 13.0. The first-order valence-electron chi connectivity index (χ1n) is 6.02. The van der Waals surface area contributed by atoms with Crippen molar-refractivity contribution in [3.05, 3.63) is 35.4 Å². The van der Waals surface area contributed by atoms with Gasteiger partial charge in [-0.05, 0) is 24.1 Å². The highest BCUT2D eigenvalue weighted by Crippen LogP contribution is 2.30. The first-order chi connectivity index (χ1) is 8.60. The molecule has 1 atom stereocenters. The van der Waals surface area contributed by atoms with Gasteiger partial charge in [-0.1, -0.05) is 0 Å². The van der Waals surface area contributed by atoms with Crippen LogP contribution in [0, 0.1) is 17.6 Å². The van der Waals surface area contributed by atoms with Crippen LogP contribution in [0.4, 0.5) is 13.2 Å². The fourth-order valence-electron chi connectivity index (χ4n) is 2.29. The van der Waals surface area contributed by atoms with Crippen molar-refractivity contribution in [1.82, 2.24) is 4.90 Å². The lowest BCUT2D eigenvalue weighted by molar-refractivity contribution is -0.00635. The van der Waals surface area contributed by atoms with E-state index >= 15 is 0 Å². The molecule has 0 unspecified atom stereocenters. The highest BCUT2D eigenvalue weighted by Gasteiger charge is 2.33. The van der Waals surface area contributed by atoms with E-state index in [1.165, 1.54) is 0 Å². The Kier molecular flexibility index (Phi) is 4.24. The molecule has 0 saturated carbocycles. The topological polar surface area (TPSA) is 23.5 Å². The number of rotatable bonds is 5. The Hall–Kier alpha value is -1.07. The standard InChI is InChI=1S/C13H16F3NO/c14-2-1-3-17-7-10(8-17)13(18)9-4-11(15)6-12(16)5-9/h4-6,10,13,18H,1-3,7-8H2/t13-/m0/s1. The molecule has 1 fully saturated rings. The molecule has 1 heterocycles. The van der Waals surface area contributed by atoms with E-state index in [9.17, 15) is 18.3 Å². The molecule has 1 aromatic rings. The molecule has 0 aliphatic carbocycles. The lowest BCUT2D eigenvalue weighted by atomic mass is 9.89. The van der Waals surface area contributed by atoms with Crippen LogP contribution in [0.15, 0.2) is 18.2 Å². The van der Waals surface area contributed by atoms with Crippen LogP contribution in [0.2, 0.25) is 0 Å². The van der Waals surface area contributed by atoms with E-state index in [-0.39, 0.29) is 18.2 Å². The Morgan fingerprint density at radius 2 is 1.83 bits per heavy atom. The molecule has 0 amide bonds. The summed E-state index contributed by atoms with van der Waals surface area (Å²) in [5, 5.41) is 10.00. The third-order valence-corrected chi connectivity index (χ3v) is 3.27. The third-order valence-electron chi connectivity index (χ3n) is 3.27. The Morgan fingerprint density at radius 1 is 1.22 bits per heavy atom. The molecule has 1 aliphatic heterocycles. The van der Waals surface area contributed by atoms with Crippen LogP contribution in [0.25, 0.3) is 0 Å². The van der Waals surface area contributed by atoms with Crippen LogP contribution in [0.3, 0.4) is 0 Å². The smallest absolute Gasteiger partial charge is 0.126 e. The number of aliphatic hydroxyl groups is 1. The maximum Gasteiger partial charge on any atom is 0.126 e. The average molecular weight is 259 g/mol. The average Bonchev–Trinajstić information content (AvgIpc) is 2.25. The van der Waals surface area contributed by atoms with E-state index in [2.05, 4.69) is 0 Å². The second-order valence-corrected chi connectivity index (χ2v) is 4.71. The molecule has 0 radical (unpaired) electrons. The van der Waals surface area contributed by atoms with Crippen molar-refractivity contribution in [3.63, 3.8) is 0 Å². The molecule has 0 aromatic heterocycles. The summed E-state index contributed by atoms with van der Waals surface area (Å²) in [6.07, 6.45) is -0.381. The summed E-state index contributed by atoms with van der Waals surface area (Å²) in [5.41, 5.74) is 0.266. The molecule has 0 bridgehead atoms. The van der Waals surface area contributed by atoms with Crippen molar-refractivity contribution in [3.8, 4) is 0 Å². The van der Waals surface area contributed by atoms with Gasteiger partial charge in [0, 0.05) is 31.6 Å². The van der Waals surface area contributed by atoms with E-state index in [0.29, 0.717) is 26.1 Å². The zero-order valence-electron chi connectivity index (χ0n) is 9.95. The van der Waals surface area contributed by atoms with Gasteiger partial charge in [0.05, 0.1) is 12.8 Å². The van der Waals surface area contributed by atoms with Gasteiger partial charge in [0.25, 0.3) is 0 Å². The van der Waals surface area contributed by atoms with Gasteiger partial charge in [0.2, 0.25) is 0 Å². The minimum Gasteiger partial charge on any atom is -0.388 e. The molecule has 1 saturated heterocycles. The maximum absolute atomic E-state index is 13.0. The van der Waals surface area contributed by atoms with E-state index in [0.717, 1.165) is 18.2 Å². The molecule has 1 aromatic carbocycles. The zero-order chi connectivity index (χ0) is 13.1. The van der Waals surface area contributed by atoms with Crippen LogP contribution < -0.4 is 0 Å². The largest absolute Gasteiger partial charge is 0.388 e. The van der Waals surface area contributed by atoms with Crippen molar-refractivity contribution in [1.29, 1.82) is 0 Å². The minimum atomic E-state index is -0.864. The molecule has 2 rings (SSSR count). The number of alkyl halides is 1. The van der Waals surface area contributed by atoms with Gasteiger partial charge in [0.15, 0.2) is 0 Å². The van der Waals surface area contributed by atoms with Crippen LogP contribution in [0.1, 0.15) is 18.1 Å². The number of hydrogen-bond donors (Lipinski definition) is 1. The van der Waals surface area contributed by atoms with Gasteiger partial charge in [-0.15, -0.1) is 0 Å². The van der Waals surface area contributed by atoms with Crippen molar-refractivity contribution in [2.75, 3.05) is 26.3 Å². The summed E-state index contributed by atoms with van der Waals surface area (Å²) in [6.45, 7) is 1.59. The first kappa shape index (κ1) is 13.4. The van der Waals surface area contributed by atoms with Gasteiger partial charge in [-0.25, -0.2) is 8.78 Å². The zero-order valence-corrected chi connectivity index (χ0v) is 9.95. The number of hydrogen-bond acceptors (Lipinski definition) is 2. The normalized spacial score (nSPS) is 18.7. The second-order valence-electron chi connectivity index (χ2n) is 4.71. The summed E-state index contributed by atoms with van der Waals surface area (Å²) in [7, 11) is 0. The monoisotopic (exact) mass is 259 g/mol. The predicted octanol–water partition coefficient (Wildman–Crippen LogP) is 2.29. The Bertz CT molecular complexity index is 387. The van der Waals surface area contributed by atoms with Crippen molar-refractivity contribution in [2.24, 2.45) is 5.92 Å². The molecule has 0 spiro atoms. The van der Waals surface area contributed by atoms with Crippen molar-refractivity contribution < 1.29 is 18.3 Å². The molecule has 1 aliphatic rings. The summed E-state index contributed by atoms with van der Waals surface area (Å²) < 4.78 is 38.0. The summed E-state index contributed by atoms with van der Waals surface area (Å²) in [5.74, 6) is -1.40. The van der Waals surface area contributed by atoms with Crippen LogP contribution in [0.5, 0.6) is 0 Å². The summed E-state index contributed by atoms with van der Waals surface area (Å²) in [6, 6.07) is 3.08. The van der Waals surface area contributed by atoms with E-state index in [4.69, 9.17) is 0 Å². The molecule has 1 N–H and O–H groups in total. The van der Waals surface area contributed by atoms with Gasteiger partial charge >= 0.3 is 0 Å². The highest BCUT2D eigenvalue weighted by molar-refractivity contribution is 5.21. The van der Waals surface area contributed by atoms with Gasteiger partial charge in [-0.3, -0.25) is 4.39 Å². The number of halogens is 3. The van der Waals surface area contributed by atoms with Crippen LogP contribution >= 0.6 is 0 Å². The molecular weight excluding hydrogens is 243 g/mol. The van der Waals surface area contributed by atoms with Crippen LogP contribution in [-0.2, 0) is 0 Å². The lowest BCUT2D eigenvalue weighted by Crippen LogP contribution is -2.49. The molecule has 100 valence electrons. The minimum absolute atomic E-state index is 0.0363. The van der Waals surface area contributed by atoms with Crippen molar-refractivity contribution in [2.45, 2.75) is 12.5 Å². The number of likely N-dealkylation sites (tertiary alicyclic amines) is 1. The SMILES string of the molecule is O[C@@H](c1cc(F)cc(F)c1)C1CN(CCCF)C1. The predicted molar refractivity (Wildman–Crippen MR) is 61.8 cm³/mol. The number of benzene rings is 1.